The number of hydrogen-bond donors (Lipinski definition) is 2. The Morgan fingerprint density at radius 3 is 2.82 bits per heavy atom. The second kappa shape index (κ2) is 10.8. The molecule has 1 heterocycles. The average Bonchev–Trinajstić information content (AvgIpc) is 3.24. The summed E-state index contributed by atoms with van der Waals surface area (Å²) in [5.74, 6) is 6.59. The summed E-state index contributed by atoms with van der Waals surface area (Å²) in [5.41, 5.74) is 1.74. The summed E-state index contributed by atoms with van der Waals surface area (Å²) in [5, 5.41) is 21.2. The third kappa shape index (κ3) is 6.40. The van der Waals surface area contributed by atoms with E-state index in [0.717, 1.165) is 23.3 Å². The number of carbonyl (C=O) groups is 1. The Bertz CT molecular complexity index is 916. The van der Waals surface area contributed by atoms with Crippen LogP contribution in [0.3, 0.4) is 0 Å². The van der Waals surface area contributed by atoms with E-state index in [4.69, 9.17) is 9.47 Å². The molecule has 1 aliphatic carbocycles. The minimum Gasteiger partial charge on any atom is -0.489 e. The Morgan fingerprint density at radius 2 is 2.12 bits per heavy atom. The fraction of sp³-hybridized carbons (Fsp3) is 0.607. The number of ether oxygens (including phenoxy) is 2. The molecule has 0 amide bonds. The van der Waals surface area contributed by atoms with Gasteiger partial charge in [0, 0.05) is 36.7 Å². The Balaban J connectivity index is 1.68. The summed E-state index contributed by atoms with van der Waals surface area (Å²) in [6, 6.07) is 6.15. The lowest BCUT2D eigenvalue weighted by molar-refractivity contribution is -0.154. The van der Waals surface area contributed by atoms with Crippen LogP contribution < -0.4 is 4.74 Å². The van der Waals surface area contributed by atoms with Gasteiger partial charge in [-0.15, -0.1) is 11.8 Å². The van der Waals surface area contributed by atoms with E-state index >= 15 is 0 Å². The van der Waals surface area contributed by atoms with Crippen molar-refractivity contribution < 1.29 is 24.5 Å². The maximum Gasteiger partial charge on any atom is 0.306 e. The Kier molecular flexibility index (Phi) is 8.26. The molecule has 0 unspecified atom stereocenters. The average molecular weight is 455 g/mol. The molecule has 0 spiro atoms. The first kappa shape index (κ1) is 25.3. The minimum absolute atomic E-state index is 0.0340. The van der Waals surface area contributed by atoms with Crippen molar-refractivity contribution in [2.45, 2.75) is 96.6 Å². The topological polar surface area (TPSA) is 76.0 Å². The smallest absolute Gasteiger partial charge is 0.306 e. The standard InChI is InChI=1S/C28H38O5/c1-6-7-10-18(2)22(29)16-15-20-23(30)17-24-26(20)21-13-8-11-19(27(21)32-24)12-9-14-25(31)33-28(3,4)5/h8,11,13,15-16,18,20,22-24,26,29-30H,9-10,12,14,17H2,1-5H3/b16-15+/t18-,20-,22+,23+,24-,26-/m0/s1. The van der Waals surface area contributed by atoms with E-state index < -0.39 is 17.8 Å². The van der Waals surface area contributed by atoms with Crippen molar-refractivity contribution in [3.63, 3.8) is 0 Å². The minimum atomic E-state index is -0.599. The van der Waals surface area contributed by atoms with Crippen LogP contribution in [0.2, 0.25) is 0 Å². The molecule has 33 heavy (non-hydrogen) atoms. The maximum absolute atomic E-state index is 12.0. The molecule has 1 aromatic rings. The van der Waals surface area contributed by atoms with E-state index in [1.165, 1.54) is 0 Å². The number of benzene rings is 1. The van der Waals surface area contributed by atoms with Crippen LogP contribution in [0.5, 0.6) is 5.75 Å². The van der Waals surface area contributed by atoms with Crippen LogP contribution in [0.1, 0.15) is 77.3 Å². The van der Waals surface area contributed by atoms with E-state index in [-0.39, 0.29) is 29.8 Å². The molecule has 0 saturated heterocycles. The van der Waals surface area contributed by atoms with Gasteiger partial charge in [0.05, 0.1) is 12.2 Å². The van der Waals surface area contributed by atoms with Crippen LogP contribution in [-0.4, -0.2) is 40.1 Å². The fourth-order valence-corrected chi connectivity index (χ4v) is 4.80. The Hall–Kier alpha value is -2.29. The first-order valence-electron chi connectivity index (χ1n) is 12.0. The zero-order chi connectivity index (χ0) is 24.2. The van der Waals surface area contributed by atoms with Crippen LogP contribution in [0.4, 0.5) is 0 Å². The largest absolute Gasteiger partial charge is 0.489 e. The van der Waals surface area contributed by atoms with E-state index in [1.807, 2.05) is 39.8 Å². The zero-order valence-corrected chi connectivity index (χ0v) is 20.5. The van der Waals surface area contributed by atoms with Gasteiger partial charge in [-0.3, -0.25) is 4.79 Å². The molecule has 3 rings (SSSR count). The SMILES string of the molecule is CC#CC[C@H](C)[C@H](O)/C=C/[C@@H]1[C@H]2c3cccc(CCCC(=O)OC(C)(C)C)c3O[C@H]2C[C@H]1O. The first-order valence-corrected chi connectivity index (χ1v) is 12.0. The Morgan fingerprint density at radius 1 is 1.36 bits per heavy atom. The molecule has 6 atom stereocenters. The normalized spacial score (nSPS) is 25.5. The van der Waals surface area contributed by atoms with Gasteiger partial charge in [0.25, 0.3) is 0 Å². The van der Waals surface area contributed by atoms with Crippen LogP contribution in [0.15, 0.2) is 30.4 Å². The predicted molar refractivity (Wildman–Crippen MR) is 129 cm³/mol. The van der Waals surface area contributed by atoms with Gasteiger partial charge in [-0.05, 0) is 52.0 Å². The molecule has 0 bridgehead atoms. The summed E-state index contributed by atoms with van der Waals surface area (Å²) in [4.78, 5) is 12.0. The lowest BCUT2D eigenvalue weighted by atomic mass is 9.86. The number of aliphatic hydroxyl groups is 2. The van der Waals surface area contributed by atoms with Crippen molar-refractivity contribution in [3.05, 3.63) is 41.5 Å². The number of aryl methyl sites for hydroxylation is 1. The Labute approximate surface area is 198 Å². The van der Waals surface area contributed by atoms with Crippen LogP contribution in [0, 0.1) is 23.7 Å². The monoisotopic (exact) mass is 454 g/mol. The number of carbonyl (C=O) groups excluding carboxylic acids is 1. The highest BCUT2D eigenvalue weighted by atomic mass is 16.6. The molecule has 0 aromatic heterocycles. The second-order valence-corrected chi connectivity index (χ2v) is 10.3. The summed E-state index contributed by atoms with van der Waals surface area (Å²) in [7, 11) is 0. The van der Waals surface area contributed by atoms with Crippen LogP contribution in [0.25, 0.3) is 0 Å². The molecule has 180 valence electrons. The number of esters is 1. The molecule has 2 aliphatic rings. The summed E-state index contributed by atoms with van der Waals surface area (Å²) in [6.07, 6.45) is 5.60. The van der Waals surface area contributed by atoms with Gasteiger partial charge in [-0.25, -0.2) is 0 Å². The van der Waals surface area contributed by atoms with E-state index in [0.29, 0.717) is 25.7 Å². The van der Waals surface area contributed by atoms with Crippen molar-refractivity contribution in [2.75, 3.05) is 0 Å². The van der Waals surface area contributed by atoms with Crippen molar-refractivity contribution in [3.8, 4) is 17.6 Å². The van der Waals surface area contributed by atoms with E-state index in [1.54, 1.807) is 13.0 Å². The molecule has 0 radical (unpaired) electrons. The van der Waals surface area contributed by atoms with Crippen LogP contribution in [-0.2, 0) is 16.0 Å². The quantitative estimate of drug-likeness (QED) is 0.343. The number of fused-ring (bicyclic) bond motifs is 3. The third-order valence-corrected chi connectivity index (χ3v) is 6.45. The van der Waals surface area contributed by atoms with E-state index in [2.05, 4.69) is 24.0 Å². The van der Waals surface area contributed by atoms with Gasteiger partial charge in [0.1, 0.15) is 17.5 Å². The molecule has 5 nitrogen and oxygen atoms in total. The van der Waals surface area contributed by atoms with Gasteiger partial charge in [0.15, 0.2) is 0 Å². The molecule has 1 aliphatic heterocycles. The maximum atomic E-state index is 12.0. The fourth-order valence-electron chi connectivity index (χ4n) is 4.80. The second-order valence-electron chi connectivity index (χ2n) is 10.3. The molecule has 1 fully saturated rings. The lowest BCUT2D eigenvalue weighted by Crippen LogP contribution is -2.23. The van der Waals surface area contributed by atoms with Crippen molar-refractivity contribution in [1.82, 2.24) is 0 Å². The highest BCUT2D eigenvalue weighted by Gasteiger charge is 2.48. The molecular formula is C28H38O5. The predicted octanol–water partition coefficient (Wildman–Crippen LogP) is 4.54. The van der Waals surface area contributed by atoms with Crippen molar-refractivity contribution >= 4 is 5.97 Å². The molecule has 1 saturated carbocycles. The summed E-state index contributed by atoms with van der Waals surface area (Å²) >= 11 is 0. The van der Waals surface area contributed by atoms with Gasteiger partial charge in [0.2, 0.25) is 0 Å². The molecule has 5 heteroatoms. The number of aliphatic hydroxyl groups excluding tert-OH is 2. The van der Waals surface area contributed by atoms with Gasteiger partial charge >= 0.3 is 5.97 Å². The summed E-state index contributed by atoms with van der Waals surface area (Å²) < 4.78 is 11.7. The summed E-state index contributed by atoms with van der Waals surface area (Å²) in [6.45, 7) is 9.40. The van der Waals surface area contributed by atoms with Crippen LogP contribution >= 0.6 is 0 Å². The van der Waals surface area contributed by atoms with Crippen molar-refractivity contribution in [2.24, 2.45) is 11.8 Å². The highest BCUT2D eigenvalue weighted by Crippen LogP contribution is 2.52. The number of rotatable bonds is 8. The molecule has 2 N–H and O–H groups in total. The van der Waals surface area contributed by atoms with Crippen molar-refractivity contribution in [1.29, 1.82) is 0 Å². The number of para-hydroxylation sites is 1. The first-order chi connectivity index (χ1) is 15.6. The van der Waals surface area contributed by atoms with E-state index in [9.17, 15) is 15.0 Å². The lowest BCUT2D eigenvalue weighted by Gasteiger charge is -2.20. The molecular weight excluding hydrogens is 416 g/mol. The molecule has 1 aromatic carbocycles. The van der Waals surface area contributed by atoms with Gasteiger partial charge < -0.3 is 19.7 Å². The number of hydrogen-bond acceptors (Lipinski definition) is 5. The zero-order valence-electron chi connectivity index (χ0n) is 20.5. The third-order valence-electron chi connectivity index (χ3n) is 6.45. The van der Waals surface area contributed by atoms with Gasteiger partial charge in [-0.1, -0.05) is 37.3 Å². The highest BCUT2D eigenvalue weighted by molar-refractivity contribution is 5.69. The van der Waals surface area contributed by atoms with Gasteiger partial charge in [-0.2, -0.15) is 0 Å².